The molecule has 0 aliphatic carbocycles. The number of sulfonamides is 1. The summed E-state index contributed by atoms with van der Waals surface area (Å²) in [5, 5.41) is 5.92. The zero-order valence-electron chi connectivity index (χ0n) is 16.2. The second-order valence-electron chi connectivity index (χ2n) is 5.91. The van der Waals surface area contributed by atoms with Gasteiger partial charge in [0.15, 0.2) is 0 Å². The van der Waals surface area contributed by atoms with Crippen LogP contribution in [0.25, 0.3) is 0 Å². The van der Waals surface area contributed by atoms with E-state index in [9.17, 15) is 13.2 Å². The van der Waals surface area contributed by atoms with Gasteiger partial charge in [0, 0.05) is 30.9 Å². The zero-order chi connectivity index (χ0) is 20.0. The molecule has 0 aliphatic rings. The molecule has 0 aromatic heterocycles. The van der Waals surface area contributed by atoms with Crippen LogP contribution in [-0.2, 0) is 10.0 Å². The van der Waals surface area contributed by atoms with Crippen molar-refractivity contribution in [3.63, 3.8) is 0 Å². The van der Waals surface area contributed by atoms with Gasteiger partial charge in [-0.15, -0.1) is 12.4 Å². The summed E-state index contributed by atoms with van der Waals surface area (Å²) < 4.78 is 27.0. The van der Waals surface area contributed by atoms with E-state index in [1.54, 1.807) is 50.2 Å². The van der Waals surface area contributed by atoms with Gasteiger partial charge in [-0.05, 0) is 43.3 Å². The van der Waals surface area contributed by atoms with E-state index in [1.807, 2.05) is 6.92 Å². The number of benzene rings is 2. The lowest BCUT2D eigenvalue weighted by Gasteiger charge is -2.20. The predicted molar refractivity (Wildman–Crippen MR) is 117 cm³/mol. The summed E-state index contributed by atoms with van der Waals surface area (Å²) in [5.74, 6) is -0.362. The summed E-state index contributed by atoms with van der Waals surface area (Å²) in [6.07, 6.45) is 0. The van der Waals surface area contributed by atoms with E-state index in [4.69, 9.17) is 5.73 Å². The first-order chi connectivity index (χ1) is 12.8. The second kappa shape index (κ2) is 10.3. The van der Waals surface area contributed by atoms with E-state index in [0.717, 1.165) is 0 Å². The van der Waals surface area contributed by atoms with Gasteiger partial charge in [-0.2, -0.15) is 4.31 Å². The maximum absolute atomic E-state index is 12.8. The average Bonchev–Trinajstić information content (AvgIpc) is 2.64. The van der Waals surface area contributed by atoms with Crippen molar-refractivity contribution in [2.24, 2.45) is 0 Å². The van der Waals surface area contributed by atoms with Crippen molar-refractivity contribution in [1.29, 1.82) is 0 Å². The Kier molecular flexibility index (Phi) is 8.74. The van der Waals surface area contributed by atoms with Gasteiger partial charge < -0.3 is 16.4 Å². The van der Waals surface area contributed by atoms with Crippen molar-refractivity contribution >= 4 is 45.4 Å². The van der Waals surface area contributed by atoms with Gasteiger partial charge in [0.1, 0.15) is 0 Å². The minimum Gasteiger partial charge on any atom is -0.399 e. The van der Waals surface area contributed by atoms with E-state index in [0.29, 0.717) is 42.3 Å². The minimum absolute atomic E-state index is 0. The summed E-state index contributed by atoms with van der Waals surface area (Å²) in [7, 11) is -3.63. The molecule has 0 saturated carbocycles. The minimum atomic E-state index is -3.63. The number of halogens is 1. The molecule has 0 fully saturated rings. The van der Waals surface area contributed by atoms with Crippen molar-refractivity contribution in [2.75, 3.05) is 36.0 Å². The fourth-order valence-electron chi connectivity index (χ4n) is 2.72. The van der Waals surface area contributed by atoms with Gasteiger partial charge in [-0.1, -0.05) is 19.9 Å². The number of nitrogen functional groups attached to an aromatic ring is 1. The van der Waals surface area contributed by atoms with Crippen molar-refractivity contribution in [1.82, 2.24) is 4.31 Å². The van der Waals surface area contributed by atoms with E-state index in [-0.39, 0.29) is 23.2 Å². The monoisotopic (exact) mass is 426 g/mol. The normalized spacial score (nSPS) is 11.0. The number of carbonyl (C=O) groups is 1. The van der Waals surface area contributed by atoms with Gasteiger partial charge in [-0.3, -0.25) is 4.79 Å². The largest absolute Gasteiger partial charge is 0.399 e. The lowest BCUT2D eigenvalue weighted by atomic mass is 10.2. The van der Waals surface area contributed by atoms with E-state index >= 15 is 0 Å². The fraction of sp³-hybridized carbons (Fsp3) is 0.316. The molecule has 0 aliphatic heterocycles. The second-order valence-corrected chi connectivity index (χ2v) is 7.84. The first-order valence-electron chi connectivity index (χ1n) is 8.88. The summed E-state index contributed by atoms with van der Waals surface area (Å²) in [6, 6.07) is 11.3. The van der Waals surface area contributed by atoms with Gasteiger partial charge in [0.05, 0.1) is 16.3 Å². The Labute approximate surface area is 172 Å². The number of carbonyl (C=O) groups excluding carboxylic acids is 1. The van der Waals surface area contributed by atoms with Crippen LogP contribution in [0.4, 0.5) is 17.1 Å². The first kappa shape index (κ1) is 23.7. The molecule has 7 nitrogen and oxygen atoms in total. The number of nitrogens with two attached hydrogens (primary N) is 1. The highest BCUT2D eigenvalue weighted by atomic mass is 35.5. The van der Waals surface area contributed by atoms with Crippen molar-refractivity contribution in [3.05, 3.63) is 48.0 Å². The molecule has 0 atom stereocenters. The molecular formula is C19H27ClN4O3S. The Balaban J connectivity index is 0.00000392. The molecule has 4 N–H and O–H groups in total. The van der Waals surface area contributed by atoms with Crippen LogP contribution in [-0.4, -0.2) is 38.3 Å². The Morgan fingerprint density at radius 3 is 2.29 bits per heavy atom. The van der Waals surface area contributed by atoms with E-state index in [2.05, 4.69) is 10.6 Å². The summed E-state index contributed by atoms with van der Waals surface area (Å²) in [6.45, 7) is 6.87. The Hall–Kier alpha value is -2.29. The molecule has 0 bridgehead atoms. The molecule has 2 rings (SSSR count). The van der Waals surface area contributed by atoms with Gasteiger partial charge >= 0.3 is 0 Å². The highest BCUT2D eigenvalue weighted by molar-refractivity contribution is 7.89. The number of rotatable bonds is 8. The number of amides is 1. The summed E-state index contributed by atoms with van der Waals surface area (Å²) in [5.41, 5.74) is 7.66. The average molecular weight is 427 g/mol. The molecule has 28 heavy (non-hydrogen) atoms. The topological polar surface area (TPSA) is 105 Å². The van der Waals surface area contributed by atoms with Crippen LogP contribution >= 0.6 is 12.4 Å². The van der Waals surface area contributed by atoms with Gasteiger partial charge in [0.25, 0.3) is 5.91 Å². The smallest absolute Gasteiger partial charge is 0.255 e. The fourth-order valence-corrected chi connectivity index (χ4v) is 4.20. The number of nitrogens with one attached hydrogen (secondary N) is 2. The SMILES string of the molecule is CCNc1ccc(S(=O)(=O)N(CC)CC)cc1NC(=O)c1cccc(N)c1.Cl. The maximum atomic E-state index is 12.8. The van der Waals surface area contributed by atoms with Crippen LogP contribution < -0.4 is 16.4 Å². The van der Waals surface area contributed by atoms with Crippen LogP contribution in [0, 0.1) is 0 Å². The zero-order valence-corrected chi connectivity index (χ0v) is 17.9. The van der Waals surface area contributed by atoms with Crippen LogP contribution in [0.15, 0.2) is 47.4 Å². The molecule has 0 spiro atoms. The molecule has 0 heterocycles. The number of hydrogen-bond acceptors (Lipinski definition) is 5. The molecule has 2 aromatic carbocycles. The van der Waals surface area contributed by atoms with E-state index < -0.39 is 10.0 Å². The highest BCUT2D eigenvalue weighted by Crippen LogP contribution is 2.28. The van der Waals surface area contributed by atoms with Crippen LogP contribution in [0.3, 0.4) is 0 Å². The van der Waals surface area contributed by atoms with Crippen molar-refractivity contribution in [3.8, 4) is 0 Å². The molecule has 0 saturated heterocycles. The van der Waals surface area contributed by atoms with Crippen LogP contribution in [0.2, 0.25) is 0 Å². The lowest BCUT2D eigenvalue weighted by molar-refractivity contribution is 0.102. The number of nitrogens with zero attached hydrogens (tertiary/aromatic N) is 1. The quantitative estimate of drug-likeness (QED) is 0.561. The van der Waals surface area contributed by atoms with Crippen molar-refractivity contribution in [2.45, 2.75) is 25.7 Å². The van der Waals surface area contributed by atoms with Crippen LogP contribution in [0.1, 0.15) is 31.1 Å². The molecular weight excluding hydrogens is 400 g/mol. The molecule has 0 radical (unpaired) electrons. The Bertz CT molecular complexity index is 915. The first-order valence-corrected chi connectivity index (χ1v) is 10.3. The molecule has 0 unspecified atom stereocenters. The maximum Gasteiger partial charge on any atom is 0.255 e. The molecule has 2 aromatic rings. The Morgan fingerprint density at radius 2 is 1.71 bits per heavy atom. The highest BCUT2D eigenvalue weighted by Gasteiger charge is 2.23. The predicted octanol–water partition coefficient (Wildman–Crippen LogP) is 3.41. The molecule has 154 valence electrons. The third-order valence-corrected chi connectivity index (χ3v) is 6.14. The van der Waals surface area contributed by atoms with Crippen molar-refractivity contribution < 1.29 is 13.2 Å². The van der Waals surface area contributed by atoms with Gasteiger partial charge in [-0.25, -0.2) is 8.42 Å². The van der Waals surface area contributed by atoms with Gasteiger partial charge in [0.2, 0.25) is 10.0 Å². The Morgan fingerprint density at radius 1 is 1.04 bits per heavy atom. The molecule has 1 amide bonds. The number of hydrogen-bond donors (Lipinski definition) is 3. The molecule has 9 heteroatoms. The summed E-state index contributed by atoms with van der Waals surface area (Å²) >= 11 is 0. The third-order valence-electron chi connectivity index (χ3n) is 4.10. The lowest BCUT2D eigenvalue weighted by Crippen LogP contribution is -2.30. The third kappa shape index (κ3) is 5.37. The summed E-state index contributed by atoms with van der Waals surface area (Å²) in [4.78, 5) is 12.7. The standard InChI is InChI=1S/C19H26N4O3S.ClH/c1-4-21-17-11-10-16(27(25,26)23(5-2)6-3)13-18(17)22-19(24)14-8-7-9-15(20)12-14;/h7-13,21H,4-6,20H2,1-3H3,(H,22,24);1H. The number of anilines is 3. The van der Waals surface area contributed by atoms with E-state index in [1.165, 1.54) is 10.4 Å². The van der Waals surface area contributed by atoms with Crippen LogP contribution in [0.5, 0.6) is 0 Å².